The minimum absolute atomic E-state index is 0.0532. The number of rotatable bonds is 11. The topological polar surface area (TPSA) is 86.8 Å². The molecule has 0 spiro atoms. The van der Waals surface area contributed by atoms with Crippen LogP contribution in [0.25, 0.3) is 0 Å². The minimum atomic E-state index is -4.09. The Labute approximate surface area is 232 Å². The molecule has 0 radical (unpaired) electrons. The van der Waals surface area contributed by atoms with E-state index in [-0.39, 0.29) is 23.4 Å². The third-order valence-electron chi connectivity index (χ3n) is 7.03. The number of anilines is 1. The van der Waals surface area contributed by atoms with Crippen molar-refractivity contribution in [2.45, 2.75) is 71.5 Å². The van der Waals surface area contributed by atoms with Crippen LogP contribution in [0.5, 0.6) is 0 Å². The second-order valence-electron chi connectivity index (χ2n) is 10.1. The minimum Gasteiger partial charge on any atom is -0.352 e. The van der Waals surface area contributed by atoms with E-state index in [1.807, 2.05) is 71.0 Å². The summed E-state index contributed by atoms with van der Waals surface area (Å²) in [5.41, 5.74) is 4.08. The molecule has 8 heteroatoms. The van der Waals surface area contributed by atoms with Gasteiger partial charge >= 0.3 is 0 Å². The average Bonchev–Trinajstić information content (AvgIpc) is 2.92. The summed E-state index contributed by atoms with van der Waals surface area (Å²) in [6.07, 6.45) is 0.750. The Morgan fingerprint density at radius 1 is 0.872 bits per heavy atom. The molecule has 2 amide bonds. The van der Waals surface area contributed by atoms with E-state index in [0.29, 0.717) is 5.69 Å². The highest BCUT2D eigenvalue weighted by Gasteiger charge is 2.32. The van der Waals surface area contributed by atoms with Crippen molar-refractivity contribution >= 4 is 27.5 Å². The van der Waals surface area contributed by atoms with Gasteiger partial charge < -0.3 is 10.2 Å². The van der Waals surface area contributed by atoms with Crippen molar-refractivity contribution < 1.29 is 18.0 Å². The van der Waals surface area contributed by atoms with E-state index in [9.17, 15) is 18.0 Å². The average molecular weight is 550 g/mol. The van der Waals surface area contributed by atoms with Crippen LogP contribution in [0, 0.1) is 20.8 Å². The Bertz CT molecular complexity index is 1390. The first-order valence-electron chi connectivity index (χ1n) is 13.2. The number of aryl methyl sites for hydroxylation is 3. The maximum atomic E-state index is 14.0. The summed E-state index contributed by atoms with van der Waals surface area (Å²) in [6, 6.07) is 20.4. The van der Waals surface area contributed by atoms with Crippen LogP contribution in [0.3, 0.4) is 0 Å². The van der Waals surface area contributed by atoms with Gasteiger partial charge in [-0.25, -0.2) is 8.42 Å². The lowest BCUT2D eigenvalue weighted by atomic mass is 10.1. The second kappa shape index (κ2) is 12.9. The van der Waals surface area contributed by atoms with Gasteiger partial charge in [-0.2, -0.15) is 0 Å². The van der Waals surface area contributed by atoms with E-state index in [1.165, 1.54) is 4.90 Å². The van der Waals surface area contributed by atoms with Crippen LogP contribution < -0.4 is 9.62 Å². The van der Waals surface area contributed by atoms with Crippen LogP contribution in [0.1, 0.15) is 49.4 Å². The van der Waals surface area contributed by atoms with Gasteiger partial charge in [-0.05, 0) is 82.0 Å². The molecular weight excluding hydrogens is 510 g/mol. The van der Waals surface area contributed by atoms with E-state index >= 15 is 0 Å². The van der Waals surface area contributed by atoms with Gasteiger partial charge in [0.1, 0.15) is 12.6 Å². The molecule has 0 aliphatic rings. The molecule has 3 rings (SSSR count). The first-order chi connectivity index (χ1) is 18.4. The summed E-state index contributed by atoms with van der Waals surface area (Å²) in [4.78, 5) is 28.6. The SMILES string of the molecule is CC[C@@H](C)NC(=O)[C@H](C)N(Cc1ccccc1)C(=O)CN(c1ccc(C)c(C)c1)S(=O)(=O)c1ccc(C)cc1. The molecular formula is C31H39N3O4S. The molecule has 0 aliphatic heterocycles. The summed E-state index contributed by atoms with van der Waals surface area (Å²) in [7, 11) is -4.09. The van der Waals surface area contributed by atoms with E-state index in [0.717, 1.165) is 33.0 Å². The first-order valence-corrected chi connectivity index (χ1v) is 14.7. The fourth-order valence-corrected chi connectivity index (χ4v) is 5.48. The molecule has 0 fully saturated rings. The van der Waals surface area contributed by atoms with Crippen molar-refractivity contribution in [2.75, 3.05) is 10.8 Å². The van der Waals surface area contributed by atoms with Crippen molar-refractivity contribution in [3.63, 3.8) is 0 Å². The Morgan fingerprint density at radius 2 is 1.51 bits per heavy atom. The van der Waals surface area contributed by atoms with Crippen molar-refractivity contribution in [1.29, 1.82) is 0 Å². The number of amides is 2. The highest BCUT2D eigenvalue weighted by molar-refractivity contribution is 7.92. The van der Waals surface area contributed by atoms with Crippen LogP contribution in [0.4, 0.5) is 5.69 Å². The second-order valence-corrected chi connectivity index (χ2v) is 12.0. The van der Waals surface area contributed by atoms with Gasteiger partial charge in [0, 0.05) is 12.6 Å². The zero-order valence-corrected chi connectivity index (χ0v) is 24.5. The number of nitrogens with one attached hydrogen (secondary N) is 1. The Morgan fingerprint density at radius 3 is 2.10 bits per heavy atom. The molecule has 1 N–H and O–H groups in total. The molecule has 7 nitrogen and oxygen atoms in total. The fraction of sp³-hybridized carbons (Fsp3) is 0.355. The van der Waals surface area contributed by atoms with E-state index in [2.05, 4.69) is 5.32 Å². The fourth-order valence-electron chi connectivity index (χ4n) is 4.08. The molecule has 0 aromatic heterocycles. The third-order valence-corrected chi connectivity index (χ3v) is 8.82. The lowest BCUT2D eigenvalue weighted by Gasteiger charge is -2.32. The lowest BCUT2D eigenvalue weighted by molar-refractivity contribution is -0.139. The molecule has 0 aliphatic carbocycles. The van der Waals surface area contributed by atoms with Crippen molar-refractivity contribution in [2.24, 2.45) is 0 Å². The third kappa shape index (κ3) is 7.47. The largest absolute Gasteiger partial charge is 0.352 e. The smallest absolute Gasteiger partial charge is 0.264 e. The van der Waals surface area contributed by atoms with Crippen LogP contribution in [0.15, 0.2) is 77.7 Å². The van der Waals surface area contributed by atoms with Gasteiger partial charge in [0.05, 0.1) is 10.6 Å². The maximum Gasteiger partial charge on any atom is 0.264 e. The van der Waals surface area contributed by atoms with E-state index in [4.69, 9.17) is 0 Å². The Kier molecular flexibility index (Phi) is 9.92. The summed E-state index contributed by atoms with van der Waals surface area (Å²) in [5.74, 6) is -0.757. The normalized spacial score (nSPS) is 12.9. The monoisotopic (exact) mass is 549 g/mol. The van der Waals surface area contributed by atoms with E-state index < -0.39 is 28.5 Å². The number of hydrogen-bond acceptors (Lipinski definition) is 4. The zero-order chi connectivity index (χ0) is 28.7. The van der Waals surface area contributed by atoms with Gasteiger partial charge in [-0.1, -0.05) is 61.0 Å². The van der Waals surface area contributed by atoms with Gasteiger partial charge in [-0.3, -0.25) is 13.9 Å². The maximum absolute atomic E-state index is 14.0. The lowest BCUT2D eigenvalue weighted by Crippen LogP contribution is -2.52. The van der Waals surface area contributed by atoms with Gasteiger partial charge in [-0.15, -0.1) is 0 Å². The Balaban J connectivity index is 2.04. The molecule has 3 aromatic rings. The predicted octanol–water partition coefficient (Wildman–Crippen LogP) is 5.14. The van der Waals surface area contributed by atoms with Gasteiger partial charge in [0.2, 0.25) is 11.8 Å². The summed E-state index contributed by atoms with van der Waals surface area (Å²) in [5, 5.41) is 2.95. The molecule has 2 atom stereocenters. The van der Waals surface area contributed by atoms with Crippen LogP contribution in [-0.2, 0) is 26.2 Å². The molecule has 0 unspecified atom stereocenters. The first kappa shape index (κ1) is 29.9. The zero-order valence-electron chi connectivity index (χ0n) is 23.6. The van der Waals surface area contributed by atoms with Crippen LogP contribution in [-0.4, -0.2) is 43.8 Å². The number of sulfonamides is 1. The van der Waals surface area contributed by atoms with Crippen LogP contribution >= 0.6 is 0 Å². The summed E-state index contributed by atoms with van der Waals surface area (Å²) < 4.78 is 29.0. The number of benzene rings is 3. The number of carbonyl (C=O) groups is 2. The van der Waals surface area contributed by atoms with Gasteiger partial charge in [0.15, 0.2) is 0 Å². The quantitative estimate of drug-likeness (QED) is 0.359. The highest BCUT2D eigenvalue weighted by Crippen LogP contribution is 2.27. The van der Waals surface area contributed by atoms with Crippen molar-refractivity contribution in [3.8, 4) is 0 Å². The van der Waals surface area contributed by atoms with E-state index in [1.54, 1.807) is 43.3 Å². The number of nitrogens with zero attached hydrogens (tertiary/aromatic N) is 2. The summed E-state index contributed by atoms with van der Waals surface area (Å²) >= 11 is 0. The summed E-state index contributed by atoms with van der Waals surface area (Å²) in [6.45, 7) is 11.0. The molecule has 208 valence electrons. The number of carbonyl (C=O) groups excluding carboxylic acids is 2. The molecule has 39 heavy (non-hydrogen) atoms. The standard InChI is InChI=1S/C31H39N3O4S/c1-7-25(5)32-31(36)26(6)33(20-27-11-9-8-10-12-27)30(35)21-34(28-16-15-23(3)24(4)19-28)39(37,38)29-17-13-22(2)14-18-29/h8-19,25-26H,7,20-21H2,1-6H3,(H,32,36)/t25-,26+/m1/s1. The Hall–Kier alpha value is -3.65. The number of hydrogen-bond donors (Lipinski definition) is 1. The predicted molar refractivity (Wildman–Crippen MR) is 156 cm³/mol. The van der Waals surface area contributed by atoms with Crippen LogP contribution in [0.2, 0.25) is 0 Å². The molecule has 0 heterocycles. The molecule has 0 bridgehead atoms. The van der Waals surface area contributed by atoms with Gasteiger partial charge in [0.25, 0.3) is 10.0 Å². The highest BCUT2D eigenvalue weighted by atomic mass is 32.2. The molecule has 0 saturated carbocycles. The van der Waals surface area contributed by atoms with Crippen molar-refractivity contribution in [3.05, 3.63) is 95.1 Å². The molecule has 0 saturated heterocycles. The molecule has 3 aromatic carbocycles. The van der Waals surface area contributed by atoms with Crippen molar-refractivity contribution in [1.82, 2.24) is 10.2 Å².